The number of urea groups is 1. The van der Waals surface area contributed by atoms with Gasteiger partial charge >= 0.3 is 6.03 Å². The summed E-state index contributed by atoms with van der Waals surface area (Å²) in [5.74, 6) is 0. The van der Waals surface area contributed by atoms with Gasteiger partial charge in [-0.1, -0.05) is 25.1 Å². The Bertz CT molecular complexity index is 706. The number of aryl methyl sites for hydroxylation is 1. The summed E-state index contributed by atoms with van der Waals surface area (Å²) in [6.45, 7) is 6.32. The van der Waals surface area contributed by atoms with Gasteiger partial charge in [-0.25, -0.2) is 4.79 Å². The van der Waals surface area contributed by atoms with E-state index in [-0.39, 0.29) is 6.03 Å². The predicted octanol–water partition coefficient (Wildman–Crippen LogP) is 3.64. The number of benzene rings is 2. The number of amides is 2. The standard InChI is InChI=1S/C20H26N4O/c1-3-16-6-4-5-7-19(16)22-20(25)21-17-8-10-18(11-9-17)24-14-12-23(2)13-15-24/h4-11H,3,12-15H2,1-2H3,(H2,21,22,25). The number of nitrogens with one attached hydrogen (secondary N) is 2. The van der Waals surface area contributed by atoms with Gasteiger partial charge in [0, 0.05) is 43.2 Å². The lowest BCUT2D eigenvalue weighted by atomic mass is 10.1. The molecule has 0 bridgehead atoms. The van der Waals surface area contributed by atoms with Crippen molar-refractivity contribution in [3.63, 3.8) is 0 Å². The van der Waals surface area contributed by atoms with Gasteiger partial charge in [-0.15, -0.1) is 0 Å². The molecule has 0 radical (unpaired) electrons. The molecule has 1 heterocycles. The second-order valence-electron chi connectivity index (χ2n) is 6.43. The SMILES string of the molecule is CCc1ccccc1NC(=O)Nc1ccc(N2CCN(C)CC2)cc1. The van der Waals surface area contributed by atoms with Crippen LogP contribution in [0.2, 0.25) is 0 Å². The molecule has 0 aromatic heterocycles. The van der Waals surface area contributed by atoms with Crippen molar-refractivity contribution < 1.29 is 4.79 Å². The number of piperazine rings is 1. The molecule has 3 rings (SSSR count). The Morgan fingerprint density at radius 1 is 0.960 bits per heavy atom. The minimum Gasteiger partial charge on any atom is -0.369 e. The number of para-hydroxylation sites is 1. The number of rotatable bonds is 4. The van der Waals surface area contributed by atoms with Crippen molar-refractivity contribution in [1.29, 1.82) is 0 Å². The van der Waals surface area contributed by atoms with E-state index in [1.165, 1.54) is 5.69 Å². The highest BCUT2D eigenvalue weighted by Crippen LogP contribution is 2.20. The van der Waals surface area contributed by atoms with E-state index >= 15 is 0 Å². The molecule has 1 fully saturated rings. The van der Waals surface area contributed by atoms with Crippen LogP contribution in [0.3, 0.4) is 0 Å². The molecule has 1 saturated heterocycles. The van der Waals surface area contributed by atoms with E-state index in [0.717, 1.165) is 49.5 Å². The van der Waals surface area contributed by atoms with Crippen molar-refractivity contribution in [3.8, 4) is 0 Å². The average Bonchev–Trinajstić information content (AvgIpc) is 2.63. The molecule has 5 heteroatoms. The smallest absolute Gasteiger partial charge is 0.323 e. The molecule has 2 N–H and O–H groups in total. The van der Waals surface area contributed by atoms with Gasteiger partial charge in [-0.3, -0.25) is 0 Å². The van der Waals surface area contributed by atoms with E-state index in [1.54, 1.807) is 0 Å². The van der Waals surface area contributed by atoms with E-state index < -0.39 is 0 Å². The van der Waals surface area contributed by atoms with E-state index in [1.807, 2.05) is 36.4 Å². The molecule has 2 aromatic carbocycles. The molecule has 0 atom stereocenters. The fourth-order valence-electron chi connectivity index (χ4n) is 3.06. The van der Waals surface area contributed by atoms with Gasteiger partial charge < -0.3 is 20.4 Å². The zero-order valence-electron chi connectivity index (χ0n) is 15.0. The number of anilines is 3. The fraction of sp³-hybridized carbons (Fsp3) is 0.350. The predicted molar refractivity (Wildman–Crippen MR) is 105 cm³/mol. The maximum atomic E-state index is 12.2. The second kappa shape index (κ2) is 8.03. The lowest BCUT2D eigenvalue weighted by Crippen LogP contribution is -2.44. The third kappa shape index (κ3) is 4.51. The van der Waals surface area contributed by atoms with Crippen LogP contribution in [0, 0.1) is 0 Å². The minimum absolute atomic E-state index is 0.215. The van der Waals surface area contributed by atoms with E-state index in [4.69, 9.17) is 0 Å². The first-order chi connectivity index (χ1) is 12.2. The highest BCUT2D eigenvalue weighted by Gasteiger charge is 2.14. The van der Waals surface area contributed by atoms with Gasteiger partial charge in [0.15, 0.2) is 0 Å². The van der Waals surface area contributed by atoms with Crippen molar-refractivity contribution in [1.82, 2.24) is 4.90 Å². The number of nitrogens with zero attached hydrogens (tertiary/aromatic N) is 2. The molecule has 2 amide bonds. The summed E-state index contributed by atoms with van der Waals surface area (Å²) in [6.07, 6.45) is 0.885. The Kier molecular flexibility index (Phi) is 5.56. The molecule has 2 aromatic rings. The molecule has 0 spiro atoms. The van der Waals surface area contributed by atoms with Gasteiger partial charge in [-0.05, 0) is 49.4 Å². The van der Waals surface area contributed by atoms with Gasteiger partial charge in [0.1, 0.15) is 0 Å². The molecular weight excluding hydrogens is 312 g/mol. The normalized spacial score (nSPS) is 15.0. The van der Waals surface area contributed by atoms with Crippen molar-refractivity contribution in [3.05, 3.63) is 54.1 Å². The van der Waals surface area contributed by atoms with Gasteiger partial charge in [-0.2, -0.15) is 0 Å². The first-order valence-corrected chi connectivity index (χ1v) is 8.85. The molecule has 0 unspecified atom stereocenters. The first-order valence-electron chi connectivity index (χ1n) is 8.85. The summed E-state index contributed by atoms with van der Waals surface area (Å²) in [4.78, 5) is 16.9. The van der Waals surface area contributed by atoms with Crippen LogP contribution in [-0.4, -0.2) is 44.2 Å². The van der Waals surface area contributed by atoms with Crippen molar-refractivity contribution in [2.24, 2.45) is 0 Å². The summed E-state index contributed by atoms with van der Waals surface area (Å²) in [5, 5.41) is 5.83. The molecular formula is C20H26N4O. The summed E-state index contributed by atoms with van der Waals surface area (Å²) in [6, 6.07) is 15.7. The van der Waals surface area contributed by atoms with Gasteiger partial charge in [0.2, 0.25) is 0 Å². The Morgan fingerprint density at radius 2 is 1.64 bits per heavy atom. The monoisotopic (exact) mass is 338 g/mol. The fourth-order valence-corrected chi connectivity index (χ4v) is 3.06. The number of carbonyl (C=O) groups excluding carboxylic acids is 1. The molecule has 1 aliphatic rings. The van der Waals surface area contributed by atoms with Crippen molar-refractivity contribution >= 4 is 23.1 Å². The average molecular weight is 338 g/mol. The van der Waals surface area contributed by atoms with Crippen LogP contribution in [0.5, 0.6) is 0 Å². The zero-order chi connectivity index (χ0) is 17.6. The zero-order valence-corrected chi connectivity index (χ0v) is 15.0. The van der Waals surface area contributed by atoms with Crippen LogP contribution in [0.1, 0.15) is 12.5 Å². The summed E-state index contributed by atoms with van der Waals surface area (Å²) >= 11 is 0. The summed E-state index contributed by atoms with van der Waals surface area (Å²) < 4.78 is 0. The Morgan fingerprint density at radius 3 is 2.32 bits per heavy atom. The third-order valence-electron chi connectivity index (χ3n) is 4.64. The molecule has 0 aliphatic carbocycles. The van der Waals surface area contributed by atoms with Gasteiger partial charge in [0.05, 0.1) is 0 Å². The maximum Gasteiger partial charge on any atom is 0.323 e. The highest BCUT2D eigenvalue weighted by molar-refractivity contribution is 6.00. The summed E-state index contributed by atoms with van der Waals surface area (Å²) in [5.41, 5.74) is 3.99. The number of likely N-dealkylation sites (N-methyl/N-ethyl adjacent to an activating group) is 1. The number of hydrogen-bond acceptors (Lipinski definition) is 3. The van der Waals surface area contributed by atoms with Crippen LogP contribution in [0.25, 0.3) is 0 Å². The van der Waals surface area contributed by atoms with Gasteiger partial charge in [0.25, 0.3) is 0 Å². The first kappa shape index (κ1) is 17.3. The lowest BCUT2D eigenvalue weighted by molar-refractivity contribution is 0.262. The largest absolute Gasteiger partial charge is 0.369 e. The van der Waals surface area contributed by atoms with Crippen molar-refractivity contribution in [2.75, 3.05) is 48.8 Å². The number of carbonyl (C=O) groups is 1. The van der Waals surface area contributed by atoms with E-state index in [2.05, 4.69) is 46.5 Å². The maximum absolute atomic E-state index is 12.2. The lowest BCUT2D eigenvalue weighted by Gasteiger charge is -2.34. The molecule has 1 aliphatic heterocycles. The Balaban J connectivity index is 1.58. The van der Waals surface area contributed by atoms with Crippen LogP contribution in [0.15, 0.2) is 48.5 Å². The quantitative estimate of drug-likeness (QED) is 0.895. The Hall–Kier alpha value is -2.53. The number of hydrogen-bond donors (Lipinski definition) is 2. The van der Waals surface area contributed by atoms with Crippen molar-refractivity contribution in [2.45, 2.75) is 13.3 Å². The van der Waals surface area contributed by atoms with Crippen LogP contribution >= 0.6 is 0 Å². The molecule has 25 heavy (non-hydrogen) atoms. The van der Waals surface area contributed by atoms with Crippen LogP contribution in [0.4, 0.5) is 21.9 Å². The topological polar surface area (TPSA) is 47.6 Å². The Labute approximate surface area is 149 Å². The summed E-state index contributed by atoms with van der Waals surface area (Å²) in [7, 11) is 2.15. The third-order valence-corrected chi connectivity index (χ3v) is 4.64. The molecule has 5 nitrogen and oxygen atoms in total. The molecule has 132 valence electrons. The molecule has 0 saturated carbocycles. The van der Waals surface area contributed by atoms with E-state index in [0.29, 0.717) is 0 Å². The highest BCUT2D eigenvalue weighted by atomic mass is 16.2. The second-order valence-corrected chi connectivity index (χ2v) is 6.43. The van der Waals surface area contributed by atoms with Crippen LogP contribution < -0.4 is 15.5 Å². The minimum atomic E-state index is -0.215. The van der Waals surface area contributed by atoms with E-state index in [9.17, 15) is 4.79 Å². The van der Waals surface area contributed by atoms with Crippen LogP contribution in [-0.2, 0) is 6.42 Å².